The smallest absolute Gasteiger partial charge is 0.161 e. The number of fused-ring (bicyclic) bond motifs is 1. The van der Waals surface area contributed by atoms with Gasteiger partial charge in [-0.05, 0) is 35.6 Å². The van der Waals surface area contributed by atoms with Crippen LogP contribution >= 0.6 is 11.3 Å². The second kappa shape index (κ2) is 6.96. The molecule has 1 aliphatic heterocycles. The van der Waals surface area contributed by atoms with Crippen molar-refractivity contribution in [2.24, 2.45) is 0 Å². The molecule has 4 heteroatoms. The molecule has 0 amide bonds. The summed E-state index contributed by atoms with van der Waals surface area (Å²) in [5.74, 6) is 1.73. The molecular formula is C17H21NO2S. The highest BCUT2D eigenvalue weighted by Crippen LogP contribution is 2.30. The average molecular weight is 303 g/mol. The third kappa shape index (κ3) is 3.57. The Balaban J connectivity index is 1.66. The van der Waals surface area contributed by atoms with Crippen LogP contribution in [0.2, 0.25) is 0 Å². The molecular weight excluding hydrogens is 282 g/mol. The summed E-state index contributed by atoms with van der Waals surface area (Å²) in [7, 11) is 0. The van der Waals surface area contributed by atoms with Crippen molar-refractivity contribution in [3.8, 4) is 11.5 Å². The van der Waals surface area contributed by atoms with Crippen molar-refractivity contribution in [1.82, 2.24) is 5.32 Å². The van der Waals surface area contributed by atoms with E-state index >= 15 is 0 Å². The monoisotopic (exact) mass is 303 g/mol. The van der Waals surface area contributed by atoms with Gasteiger partial charge in [0.1, 0.15) is 0 Å². The Bertz CT molecular complexity index is 568. The van der Waals surface area contributed by atoms with Crippen LogP contribution in [-0.2, 0) is 6.54 Å². The average Bonchev–Trinajstić information content (AvgIpc) is 2.93. The highest BCUT2D eigenvalue weighted by Gasteiger charge is 2.12. The number of nitrogens with one attached hydrogen (secondary N) is 1. The van der Waals surface area contributed by atoms with Gasteiger partial charge in [-0.1, -0.05) is 19.1 Å². The molecule has 3 rings (SSSR count). The lowest BCUT2D eigenvalue weighted by Gasteiger charge is -2.16. The number of rotatable bonds is 5. The lowest BCUT2D eigenvalue weighted by atomic mass is 10.1. The first-order chi connectivity index (χ1) is 10.4. The zero-order valence-electron chi connectivity index (χ0n) is 12.3. The number of benzene rings is 1. The van der Waals surface area contributed by atoms with Gasteiger partial charge in [0.05, 0.1) is 13.2 Å². The normalized spacial score (nSPS) is 15.5. The molecule has 21 heavy (non-hydrogen) atoms. The molecule has 0 aliphatic carbocycles. The Labute approximate surface area is 129 Å². The van der Waals surface area contributed by atoms with Gasteiger partial charge in [-0.3, -0.25) is 0 Å². The zero-order chi connectivity index (χ0) is 14.5. The van der Waals surface area contributed by atoms with E-state index in [1.54, 1.807) is 0 Å². The molecule has 1 aromatic heterocycles. The van der Waals surface area contributed by atoms with E-state index in [0.29, 0.717) is 6.04 Å². The van der Waals surface area contributed by atoms with Gasteiger partial charge in [0.2, 0.25) is 0 Å². The maximum Gasteiger partial charge on any atom is 0.161 e. The summed E-state index contributed by atoms with van der Waals surface area (Å²) in [4.78, 5) is 1.40. The van der Waals surface area contributed by atoms with E-state index in [1.165, 1.54) is 10.4 Å². The fraction of sp³-hybridized carbons (Fsp3) is 0.412. The molecule has 0 spiro atoms. The van der Waals surface area contributed by atoms with Gasteiger partial charge in [-0.15, -0.1) is 11.3 Å². The molecule has 1 aliphatic rings. The minimum Gasteiger partial charge on any atom is -0.490 e. The highest BCUT2D eigenvalue weighted by atomic mass is 32.1. The van der Waals surface area contributed by atoms with E-state index < -0.39 is 0 Å². The number of hydrogen-bond acceptors (Lipinski definition) is 4. The second-order valence-electron chi connectivity index (χ2n) is 5.19. The predicted molar refractivity (Wildman–Crippen MR) is 86.2 cm³/mol. The third-order valence-electron chi connectivity index (χ3n) is 3.66. The van der Waals surface area contributed by atoms with Gasteiger partial charge in [0.15, 0.2) is 11.5 Å². The van der Waals surface area contributed by atoms with Crippen molar-refractivity contribution < 1.29 is 9.47 Å². The number of hydrogen-bond donors (Lipinski definition) is 1. The van der Waals surface area contributed by atoms with Crippen LogP contribution in [0.1, 0.15) is 36.2 Å². The maximum absolute atomic E-state index is 5.74. The largest absolute Gasteiger partial charge is 0.490 e. The Morgan fingerprint density at radius 3 is 2.81 bits per heavy atom. The van der Waals surface area contributed by atoms with Crippen molar-refractivity contribution in [3.05, 3.63) is 46.2 Å². The summed E-state index contributed by atoms with van der Waals surface area (Å²) >= 11 is 1.81. The highest BCUT2D eigenvalue weighted by molar-refractivity contribution is 7.10. The van der Waals surface area contributed by atoms with Crippen LogP contribution in [0.15, 0.2) is 35.7 Å². The minimum atomic E-state index is 0.418. The summed E-state index contributed by atoms with van der Waals surface area (Å²) in [6.07, 6.45) is 2.03. The Hall–Kier alpha value is -1.52. The van der Waals surface area contributed by atoms with Crippen LogP contribution in [0, 0.1) is 0 Å². The first-order valence-electron chi connectivity index (χ1n) is 7.52. The van der Waals surface area contributed by atoms with Crippen molar-refractivity contribution >= 4 is 11.3 Å². The molecule has 0 radical (unpaired) electrons. The van der Waals surface area contributed by atoms with Gasteiger partial charge in [-0.25, -0.2) is 0 Å². The van der Waals surface area contributed by atoms with Gasteiger partial charge in [0.25, 0.3) is 0 Å². The minimum absolute atomic E-state index is 0.418. The molecule has 1 aromatic carbocycles. The lowest BCUT2D eigenvalue weighted by molar-refractivity contribution is 0.297. The maximum atomic E-state index is 5.74. The molecule has 112 valence electrons. The van der Waals surface area contributed by atoms with Gasteiger partial charge in [0, 0.05) is 23.9 Å². The van der Waals surface area contributed by atoms with Crippen LogP contribution in [0.3, 0.4) is 0 Å². The van der Waals surface area contributed by atoms with Crippen molar-refractivity contribution in [2.75, 3.05) is 13.2 Å². The summed E-state index contributed by atoms with van der Waals surface area (Å²) in [5, 5.41) is 5.76. The van der Waals surface area contributed by atoms with E-state index in [9.17, 15) is 0 Å². The van der Waals surface area contributed by atoms with Crippen LogP contribution in [-0.4, -0.2) is 13.2 Å². The van der Waals surface area contributed by atoms with Crippen LogP contribution < -0.4 is 14.8 Å². The summed E-state index contributed by atoms with van der Waals surface area (Å²) < 4.78 is 11.4. The van der Waals surface area contributed by atoms with Crippen molar-refractivity contribution in [3.63, 3.8) is 0 Å². The van der Waals surface area contributed by atoms with E-state index in [-0.39, 0.29) is 0 Å². The van der Waals surface area contributed by atoms with Crippen molar-refractivity contribution in [2.45, 2.75) is 32.4 Å². The van der Waals surface area contributed by atoms with Gasteiger partial charge >= 0.3 is 0 Å². The third-order valence-corrected chi connectivity index (χ3v) is 4.65. The van der Waals surface area contributed by atoms with Crippen molar-refractivity contribution in [1.29, 1.82) is 0 Å². The van der Waals surface area contributed by atoms with E-state index in [4.69, 9.17) is 9.47 Å². The van der Waals surface area contributed by atoms with Crippen LogP contribution in [0.4, 0.5) is 0 Å². The summed E-state index contributed by atoms with van der Waals surface area (Å²) in [6, 6.07) is 10.9. The molecule has 2 heterocycles. The number of ether oxygens (including phenoxy) is 2. The zero-order valence-corrected chi connectivity index (χ0v) is 13.1. The fourth-order valence-corrected chi connectivity index (χ4v) is 3.38. The fourth-order valence-electron chi connectivity index (χ4n) is 2.49. The van der Waals surface area contributed by atoms with Crippen LogP contribution in [0.25, 0.3) is 0 Å². The molecule has 0 saturated carbocycles. The molecule has 1 N–H and O–H groups in total. The topological polar surface area (TPSA) is 30.5 Å². The van der Waals surface area contributed by atoms with E-state index in [0.717, 1.165) is 44.1 Å². The molecule has 0 fully saturated rings. The van der Waals surface area contributed by atoms with Crippen LogP contribution in [0.5, 0.6) is 11.5 Å². The quantitative estimate of drug-likeness (QED) is 0.900. The van der Waals surface area contributed by atoms with Gasteiger partial charge in [-0.2, -0.15) is 0 Å². The SMILES string of the molecule is CCC(NCc1ccc2c(c1)OCCCO2)c1cccs1. The first kappa shape index (κ1) is 14.4. The Morgan fingerprint density at radius 2 is 2.05 bits per heavy atom. The number of thiophene rings is 1. The first-order valence-corrected chi connectivity index (χ1v) is 8.40. The second-order valence-corrected chi connectivity index (χ2v) is 6.17. The molecule has 2 aromatic rings. The lowest BCUT2D eigenvalue weighted by Crippen LogP contribution is -2.19. The molecule has 1 atom stereocenters. The summed E-state index contributed by atoms with van der Waals surface area (Å²) in [6.45, 7) is 4.52. The molecule has 3 nitrogen and oxygen atoms in total. The molecule has 1 unspecified atom stereocenters. The van der Waals surface area contributed by atoms with Gasteiger partial charge < -0.3 is 14.8 Å². The standard InChI is InChI=1S/C17H21NO2S/c1-2-14(17-5-3-10-21-17)18-12-13-6-7-15-16(11-13)20-9-4-8-19-15/h3,5-7,10-11,14,18H,2,4,8-9,12H2,1H3. The molecule has 0 saturated heterocycles. The predicted octanol–water partition coefficient (Wildman–Crippen LogP) is 4.15. The van der Waals surface area contributed by atoms with E-state index in [1.807, 2.05) is 17.4 Å². The summed E-state index contributed by atoms with van der Waals surface area (Å²) in [5.41, 5.74) is 1.23. The van der Waals surface area contributed by atoms with E-state index in [2.05, 4.69) is 41.9 Å². The Morgan fingerprint density at radius 1 is 1.19 bits per heavy atom. The Kier molecular flexibility index (Phi) is 4.78. The molecule has 0 bridgehead atoms.